The molecule has 1 N–H and O–H groups in total. The van der Waals surface area contributed by atoms with Gasteiger partial charge < -0.3 is 14.5 Å². The van der Waals surface area contributed by atoms with Crippen LogP contribution in [0.5, 0.6) is 0 Å². The summed E-state index contributed by atoms with van der Waals surface area (Å²) in [5, 5.41) is 13.2. The molecule has 0 aliphatic heterocycles. The van der Waals surface area contributed by atoms with Crippen molar-refractivity contribution in [1.82, 2.24) is 10.1 Å². The lowest BCUT2D eigenvalue weighted by atomic mass is 10.0. The molecule has 0 aliphatic carbocycles. The molecule has 2 rings (SSSR count). The lowest BCUT2D eigenvalue weighted by molar-refractivity contribution is 0.0694. The number of aliphatic hydroxyl groups is 1. The van der Waals surface area contributed by atoms with Gasteiger partial charge in [0.2, 0.25) is 0 Å². The highest BCUT2D eigenvalue weighted by Crippen LogP contribution is 2.25. The molecule has 0 aliphatic rings. The molecule has 5 nitrogen and oxygen atoms in total. The van der Waals surface area contributed by atoms with Crippen molar-refractivity contribution in [3.8, 4) is 0 Å². The topological polar surface area (TPSA) is 66.6 Å². The first-order valence-corrected chi connectivity index (χ1v) is 7.44. The van der Waals surface area contributed by atoms with Gasteiger partial charge in [-0.25, -0.2) is 0 Å². The van der Waals surface area contributed by atoms with Crippen LogP contribution in [0.4, 0.5) is 0 Å². The summed E-state index contributed by atoms with van der Waals surface area (Å²) < 4.78 is 5.20. The van der Waals surface area contributed by atoms with Gasteiger partial charge in [-0.3, -0.25) is 4.79 Å². The molecule has 1 aromatic heterocycles. The molecule has 22 heavy (non-hydrogen) atoms. The van der Waals surface area contributed by atoms with Crippen LogP contribution in [-0.2, 0) is 0 Å². The lowest BCUT2D eigenvalue weighted by Crippen LogP contribution is -2.32. The van der Waals surface area contributed by atoms with Crippen molar-refractivity contribution in [3.63, 3.8) is 0 Å². The van der Waals surface area contributed by atoms with Crippen molar-refractivity contribution in [1.29, 1.82) is 0 Å². The zero-order valence-corrected chi connectivity index (χ0v) is 13.2. The van der Waals surface area contributed by atoms with Gasteiger partial charge in [-0.05, 0) is 12.0 Å². The van der Waals surface area contributed by atoms with E-state index in [1.807, 2.05) is 44.2 Å². The fourth-order valence-electron chi connectivity index (χ4n) is 2.37. The molecule has 0 bridgehead atoms. The van der Waals surface area contributed by atoms with Gasteiger partial charge in [-0.1, -0.05) is 49.3 Å². The van der Waals surface area contributed by atoms with Gasteiger partial charge in [0.25, 0.3) is 5.91 Å². The van der Waals surface area contributed by atoms with E-state index in [0.29, 0.717) is 17.9 Å². The van der Waals surface area contributed by atoms with Crippen molar-refractivity contribution in [3.05, 3.63) is 53.4 Å². The van der Waals surface area contributed by atoms with Crippen LogP contribution in [0.2, 0.25) is 0 Å². The van der Waals surface area contributed by atoms with Crippen LogP contribution in [0.15, 0.2) is 40.9 Å². The Balaban J connectivity index is 2.22. The second-order valence-electron chi connectivity index (χ2n) is 5.62. The summed E-state index contributed by atoms with van der Waals surface area (Å²) in [5.41, 5.74) is 1.28. The fourth-order valence-corrected chi connectivity index (χ4v) is 2.37. The van der Waals surface area contributed by atoms with E-state index < -0.39 is 0 Å². The van der Waals surface area contributed by atoms with Crippen molar-refractivity contribution >= 4 is 5.91 Å². The molecular formula is C17H22N2O3. The third-order valence-electron chi connectivity index (χ3n) is 3.69. The fraction of sp³-hybridized carbons (Fsp3) is 0.412. The molecule has 0 spiro atoms. The van der Waals surface area contributed by atoms with Crippen LogP contribution in [0.25, 0.3) is 0 Å². The Kier molecular flexibility index (Phi) is 5.33. The average molecular weight is 302 g/mol. The van der Waals surface area contributed by atoms with Crippen molar-refractivity contribution in [2.45, 2.75) is 32.2 Å². The SMILES string of the molecule is CC(C)c1cc(C(=O)N(C)C(CCO)c2ccccc2)no1. The maximum Gasteiger partial charge on any atom is 0.276 e. The van der Waals surface area contributed by atoms with Gasteiger partial charge in [-0.15, -0.1) is 0 Å². The smallest absolute Gasteiger partial charge is 0.276 e. The quantitative estimate of drug-likeness (QED) is 0.890. The molecule has 1 atom stereocenters. The van der Waals surface area contributed by atoms with E-state index in [-0.39, 0.29) is 24.5 Å². The van der Waals surface area contributed by atoms with Crippen LogP contribution in [0, 0.1) is 0 Å². The van der Waals surface area contributed by atoms with E-state index in [2.05, 4.69) is 5.16 Å². The largest absolute Gasteiger partial charge is 0.396 e. The Morgan fingerprint density at radius 2 is 2.00 bits per heavy atom. The predicted octanol–water partition coefficient (Wildman–Crippen LogP) is 2.99. The summed E-state index contributed by atoms with van der Waals surface area (Å²) in [6.45, 7) is 3.97. The molecule has 0 saturated carbocycles. The van der Waals surface area contributed by atoms with E-state index in [0.717, 1.165) is 5.56 Å². The van der Waals surface area contributed by atoms with Crippen LogP contribution < -0.4 is 0 Å². The summed E-state index contributed by atoms with van der Waals surface area (Å²) in [6, 6.07) is 11.2. The van der Waals surface area contributed by atoms with Gasteiger partial charge in [-0.2, -0.15) is 0 Å². The molecule has 0 fully saturated rings. The van der Waals surface area contributed by atoms with Gasteiger partial charge in [0, 0.05) is 25.6 Å². The molecule has 0 saturated heterocycles. The number of aromatic nitrogens is 1. The molecule has 1 amide bonds. The van der Waals surface area contributed by atoms with Crippen molar-refractivity contribution in [2.75, 3.05) is 13.7 Å². The van der Waals surface area contributed by atoms with Gasteiger partial charge in [0.15, 0.2) is 5.69 Å². The minimum Gasteiger partial charge on any atom is -0.396 e. The van der Waals surface area contributed by atoms with E-state index in [1.54, 1.807) is 18.0 Å². The van der Waals surface area contributed by atoms with Crippen LogP contribution in [-0.4, -0.2) is 34.7 Å². The number of nitrogens with zero attached hydrogens (tertiary/aromatic N) is 2. The molecule has 1 heterocycles. The van der Waals surface area contributed by atoms with E-state index >= 15 is 0 Å². The molecule has 1 unspecified atom stereocenters. The molecule has 5 heteroatoms. The van der Waals surface area contributed by atoms with Gasteiger partial charge >= 0.3 is 0 Å². The standard InChI is InChI=1S/C17H22N2O3/c1-12(2)16-11-14(18-22-16)17(21)19(3)15(9-10-20)13-7-5-4-6-8-13/h4-8,11-12,15,20H,9-10H2,1-3H3. The Morgan fingerprint density at radius 1 is 1.32 bits per heavy atom. The molecule has 2 aromatic rings. The lowest BCUT2D eigenvalue weighted by Gasteiger charge is -2.27. The highest BCUT2D eigenvalue weighted by Gasteiger charge is 2.25. The normalized spacial score (nSPS) is 12.4. The number of hydrogen-bond acceptors (Lipinski definition) is 4. The number of carbonyl (C=O) groups is 1. The summed E-state index contributed by atoms with van der Waals surface area (Å²) >= 11 is 0. The minimum atomic E-state index is -0.210. The van der Waals surface area contributed by atoms with Crippen molar-refractivity contribution < 1.29 is 14.4 Å². The number of rotatable bonds is 6. The van der Waals surface area contributed by atoms with Crippen LogP contribution in [0.1, 0.15) is 54.0 Å². The number of carbonyl (C=O) groups excluding carboxylic acids is 1. The molecule has 1 aromatic carbocycles. The first-order chi connectivity index (χ1) is 10.5. The Labute approximate surface area is 130 Å². The molecular weight excluding hydrogens is 280 g/mol. The summed E-state index contributed by atoms with van der Waals surface area (Å²) in [4.78, 5) is 14.2. The van der Waals surface area contributed by atoms with E-state index in [1.165, 1.54) is 0 Å². The molecule has 118 valence electrons. The first kappa shape index (κ1) is 16.2. The van der Waals surface area contributed by atoms with E-state index in [9.17, 15) is 9.90 Å². The summed E-state index contributed by atoms with van der Waals surface area (Å²) in [6.07, 6.45) is 0.473. The second kappa shape index (κ2) is 7.22. The number of aliphatic hydroxyl groups excluding tert-OH is 1. The summed E-state index contributed by atoms with van der Waals surface area (Å²) in [5.74, 6) is 0.662. The zero-order valence-electron chi connectivity index (χ0n) is 13.2. The Bertz CT molecular complexity index is 607. The minimum absolute atomic E-state index is 0.00718. The Morgan fingerprint density at radius 3 is 2.55 bits per heavy atom. The van der Waals surface area contributed by atoms with Crippen LogP contribution >= 0.6 is 0 Å². The monoisotopic (exact) mass is 302 g/mol. The van der Waals surface area contributed by atoms with E-state index in [4.69, 9.17) is 4.52 Å². The average Bonchev–Trinajstić information content (AvgIpc) is 3.02. The van der Waals surface area contributed by atoms with Crippen LogP contribution in [0.3, 0.4) is 0 Å². The third-order valence-corrected chi connectivity index (χ3v) is 3.69. The Hall–Kier alpha value is -2.14. The first-order valence-electron chi connectivity index (χ1n) is 7.44. The number of benzene rings is 1. The highest BCUT2D eigenvalue weighted by atomic mass is 16.5. The third kappa shape index (κ3) is 3.54. The zero-order chi connectivity index (χ0) is 16.1. The van der Waals surface area contributed by atoms with Crippen molar-refractivity contribution in [2.24, 2.45) is 0 Å². The van der Waals surface area contributed by atoms with Gasteiger partial charge in [0.05, 0.1) is 6.04 Å². The number of hydrogen-bond donors (Lipinski definition) is 1. The maximum absolute atomic E-state index is 12.6. The highest BCUT2D eigenvalue weighted by molar-refractivity contribution is 5.92. The molecule has 0 radical (unpaired) electrons. The van der Waals surface area contributed by atoms with Gasteiger partial charge in [0.1, 0.15) is 5.76 Å². The summed E-state index contributed by atoms with van der Waals surface area (Å²) in [7, 11) is 1.72. The second-order valence-corrected chi connectivity index (χ2v) is 5.62. The number of amides is 1. The maximum atomic E-state index is 12.6. The predicted molar refractivity (Wildman–Crippen MR) is 83.6 cm³/mol.